The Labute approximate surface area is 357 Å². The minimum atomic E-state index is -5.62. The molecule has 0 N–H and O–H groups in total. The van der Waals surface area contributed by atoms with Crippen LogP contribution in [0.1, 0.15) is 105 Å². The van der Waals surface area contributed by atoms with E-state index in [4.69, 9.17) is 0 Å². The fraction of sp³-hybridized carbons (Fsp3) is 0.259. The number of hydrogen-bond donors (Lipinski definition) is 0. The Morgan fingerprint density at radius 3 is 1.48 bits per heavy atom. The summed E-state index contributed by atoms with van der Waals surface area (Å²) in [7, 11) is 17.9. The molecule has 9 rings (SSSR count). The summed E-state index contributed by atoms with van der Waals surface area (Å²) in [6.45, 7) is 13.8. The summed E-state index contributed by atoms with van der Waals surface area (Å²) in [6, 6.07) is 43.8. The maximum absolute atomic E-state index is 9.38. The molecule has 1 heterocycles. The van der Waals surface area contributed by atoms with Crippen LogP contribution in [-0.2, 0) is 29.2 Å². The van der Waals surface area contributed by atoms with E-state index in [-0.39, 0.29) is 7.25 Å². The van der Waals surface area contributed by atoms with Gasteiger partial charge in [0.25, 0.3) is 0 Å². The molecular weight excluding hydrogens is 839 g/mol. The molecule has 0 aromatic heterocycles. The average Bonchev–Trinajstić information content (AvgIpc) is 3.93. The van der Waals surface area contributed by atoms with Crippen LogP contribution in [0.5, 0.6) is 0 Å². The van der Waals surface area contributed by atoms with Crippen molar-refractivity contribution in [2.75, 3.05) is 0 Å². The zero-order valence-corrected chi connectivity index (χ0v) is 40.4. The summed E-state index contributed by atoms with van der Waals surface area (Å²) in [5.41, 5.74) is 21.7. The summed E-state index contributed by atoms with van der Waals surface area (Å²) in [5.74, 6) is 0. The SMILES string of the molecule is CCCC1=Cc2c(ccc(C)c2-c2ccccc2CC)[CH]1[Zr]([Cl])([Cl])([c]1cccc2c1[SiH2]c1ccccc1-2)[CH]1C(CCC)=Cc2c1ccc(C)c2-c1ccccc1CC. The molecule has 4 heteroatoms. The molecule has 0 bridgehead atoms. The molecular formula is C54H55Cl2SiZr. The fourth-order valence-electron chi connectivity index (χ4n) is 11.4. The second-order valence-corrected chi connectivity index (χ2v) is 39.6. The first-order valence-corrected chi connectivity index (χ1v) is 33.6. The van der Waals surface area contributed by atoms with E-state index in [0.717, 1.165) is 38.5 Å². The second kappa shape index (κ2) is 15.5. The van der Waals surface area contributed by atoms with Crippen molar-refractivity contribution in [3.05, 3.63) is 171 Å². The maximum atomic E-state index is 9.38. The van der Waals surface area contributed by atoms with Crippen LogP contribution in [0.2, 0.25) is 0 Å². The second-order valence-electron chi connectivity index (χ2n) is 17.2. The summed E-state index contributed by atoms with van der Waals surface area (Å²) in [6.07, 6.45) is 11.1. The van der Waals surface area contributed by atoms with E-state index in [1.54, 1.807) is 0 Å². The number of allylic oxidation sites excluding steroid dienone is 2. The van der Waals surface area contributed by atoms with Crippen LogP contribution in [-0.4, -0.2) is 9.52 Å². The van der Waals surface area contributed by atoms with Gasteiger partial charge < -0.3 is 0 Å². The van der Waals surface area contributed by atoms with Crippen LogP contribution < -0.4 is 13.6 Å². The van der Waals surface area contributed by atoms with E-state index >= 15 is 0 Å². The van der Waals surface area contributed by atoms with Crippen molar-refractivity contribution in [2.45, 2.75) is 87.3 Å². The molecule has 0 nitrogen and oxygen atoms in total. The predicted octanol–water partition coefficient (Wildman–Crippen LogP) is 13.4. The molecule has 0 spiro atoms. The van der Waals surface area contributed by atoms with Crippen molar-refractivity contribution in [2.24, 2.45) is 0 Å². The topological polar surface area (TPSA) is 0 Å². The van der Waals surface area contributed by atoms with E-state index < -0.39 is 25.9 Å². The third-order valence-electron chi connectivity index (χ3n) is 13.8. The van der Waals surface area contributed by atoms with Gasteiger partial charge in [-0.25, -0.2) is 0 Å². The van der Waals surface area contributed by atoms with Gasteiger partial charge in [-0.3, -0.25) is 0 Å². The Balaban J connectivity index is 1.39. The quantitative estimate of drug-likeness (QED) is 0.114. The molecule has 1 aliphatic heterocycles. The van der Waals surface area contributed by atoms with E-state index in [9.17, 15) is 17.0 Å². The Hall–Kier alpha value is -3.52. The summed E-state index contributed by atoms with van der Waals surface area (Å²) in [5, 5.41) is 2.99. The number of benzene rings is 6. The fourth-order valence-corrected chi connectivity index (χ4v) is 39.4. The molecule has 0 saturated carbocycles. The van der Waals surface area contributed by atoms with Crippen molar-refractivity contribution in [3.8, 4) is 33.4 Å². The van der Waals surface area contributed by atoms with Gasteiger partial charge in [-0.2, -0.15) is 0 Å². The number of rotatable bonds is 11. The number of fused-ring (bicyclic) bond motifs is 5. The van der Waals surface area contributed by atoms with Gasteiger partial charge in [0.05, 0.1) is 0 Å². The molecule has 6 aromatic rings. The molecule has 3 aliphatic rings. The zero-order valence-electron chi connectivity index (χ0n) is 35.0. The monoisotopic (exact) mass is 891 g/mol. The van der Waals surface area contributed by atoms with Crippen molar-refractivity contribution < 1.29 is 16.4 Å². The number of aryl methyl sites for hydroxylation is 4. The molecule has 6 aromatic carbocycles. The van der Waals surface area contributed by atoms with Crippen LogP contribution in [0, 0.1) is 13.8 Å². The molecule has 0 saturated heterocycles. The predicted molar refractivity (Wildman–Crippen MR) is 254 cm³/mol. The van der Waals surface area contributed by atoms with Crippen LogP contribution >= 0.6 is 17.0 Å². The first-order valence-electron chi connectivity index (χ1n) is 21.8. The molecule has 2 atom stereocenters. The van der Waals surface area contributed by atoms with Crippen LogP contribution in [0.15, 0.2) is 126 Å². The molecule has 58 heavy (non-hydrogen) atoms. The third-order valence-corrected chi connectivity index (χ3v) is 36.6. The molecule has 0 fully saturated rings. The number of halogens is 2. The van der Waals surface area contributed by atoms with Gasteiger partial charge in [0.1, 0.15) is 0 Å². The Bertz CT molecular complexity index is 2550. The Morgan fingerprint density at radius 2 is 0.983 bits per heavy atom. The molecule has 293 valence electrons. The van der Waals surface area contributed by atoms with Gasteiger partial charge in [-0.15, -0.1) is 0 Å². The summed E-state index contributed by atoms with van der Waals surface area (Å²) < 4.78 is 1.18. The Kier molecular flexibility index (Phi) is 10.7. The van der Waals surface area contributed by atoms with Crippen LogP contribution in [0.25, 0.3) is 45.5 Å². The Morgan fingerprint density at radius 1 is 0.517 bits per heavy atom. The van der Waals surface area contributed by atoms with Crippen molar-refractivity contribution >= 4 is 52.3 Å². The standard InChI is InChI=1S/2C21H23.C12H9Si.2ClH.Zr/c2*1-4-8-16-13-18-12-11-15(3)21(20(18)14-16)19-10-7-6-9-17(19)5-2;1-3-7-11-9(5-1)10-6-2-4-8-12(10)13-11;;;/h2*6-7,9-14H,4-5,8H2,1-3H3;1-7H,13H2;2*1H;/q;;;;;+2/p-2. The zero-order chi connectivity index (χ0) is 40.4. The normalized spacial score (nSPS) is 17.6. The van der Waals surface area contributed by atoms with E-state index in [1.807, 2.05) is 0 Å². The van der Waals surface area contributed by atoms with Crippen LogP contribution in [0.4, 0.5) is 0 Å². The molecule has 0 radical (unpaired) electrons. The van der Waals surface area contributed by atoms with E-state index in [2.05, 4.69) is 169 Å². The van der Waals surface area contributed by atoms with Crippen molar-refractivity contribution in [1.29, 1.82) is 0 Å². The van der Waals surface area contributed by atoms with Gasteiger partial charge in [-0.1, -0.05) is 0 Å². The summed E-state index contributed by atoms with van der Waals surface area (Å²) in [4.78, 5) is 0. The van der Waals surface area contributed by atoms with E-state index in [0.29, 0.717) is 0 Å². The van der Waals surface area contributed by atoms with Gasteiger partial charge in [0.15, 0.2) is 0 Å². The molecule has 0 amide bonds. The van der Waals surface area contributed by atoms with E-state index in [1.165, 1.54) is 103 Å². The summed E-state index contributed by atoms with van der Waals surface area (Å²) >= 11 is -5.62. The number of hydrogen-bond acceptors (Lipinski definition) is 0. The van der Waals surface area contributed by atoms with Crippen molar-refractivity contribution in [1.82, 2.24) is 0 Å². The minimum absolute atomic E-state index is 0.0686. The van der Waals surface area contributed by atoms with Crippen molar-refractivity contribution in [3.63, 3.8) is 0 Å². The van der Waals surface area contributed by atoms with Crippen LogP contribution in [0.3, 0.4) is 0 Å². The van der Waals surface area contributed by atoms with Gasteiger partial charge in [-0.05, 0) is 0 Å². The molecule has 2 unspecified atom stereocenters. The first-order chi connectivity index (χ1) is 28.1. The van der Waals surface area contributed by atoms with Gasteiger partial charge >= 0.3 is 360 Å². The van der Waals surface area contributed by atoms with Gasteiger partial charge in [0.2, 0.25) is 0 Å². The first kappa shape index (κ1) is 39.9. The van der Waals surface area contributed by atoms with Gasteiger partial charge in [0, 0.05) is 0 Å². The average molecular weight is 894 g/mol. The third kappa shape index (κ3) is 6.06. The molecule has 2 aliphatic carbocycles.